The van der Waals surface area contributed by atoms with Crippen LogP contribution in [0.3, 0.4) is 0 Å². The van der Waals surface area contributed by atoms with Crippen molar-refractivity contribution in [3.63, 3.8) is 0 Å². The van der Waals surface area contributed by atoms with Gasteiger partial charge in [-0.3, -0.25) is 4.79 Å². The molecule has 0 unspecified atom stereocenters. The van der Waals surface area contributed by atoms with Crippen LogP contribution in [0.15, 0.2) is 18.2 Å². The van der Waals surface area contributed by atoms with Crippen LogP contribution in [-0.2, 0) is 17.7 Å². The van der Waals surface area contributed by atoms with Crippen molar-refractivity contribution in [2.75, 3.05) is 26.8 Å². The van der Waals surface area contributed by atoms with Gasteiger partial charge in [0, 0.05) is 32.4 Å². The third kappa shape index (κ3) is 3.31. The summed E-state index contributed by atoms with van der Waals surface area (Å²) >= 11 is 0. The Balaban J connectivity index is 1.94. The first-order chi connectivity index (χ1) is 8.81. The molecule has 1 aliphatic rings. The monoisotopic (exact) mass is 248 g/mol. The zero-order chi connectivity index (χ0) is 12.8. The van der Waals surface area contributed by atoms with Crippen LogP contribution in [-0.4, -0.2) is 32.7 Å². The third-order valence-electron chi connectivity index (χ3n) is 3.17. The molecule has 0 atom stereocenters. The van der Waals surface area contributed by atoms with Gasteiger partial charge in [0.15, 0.2) is 0 Å². The van der Waals surface area contributed by atoms with Gasteiger partial charge in [0.05, 0.1) is 0 Å². The fourth-order valence-corrected chi connectivity index (χ4v) is 2.14. The predicted octanol–water partition coefficient (Wildman–Crippen LogP) is 1.10. The van der Waals surface area contributed by atoms with Crippen LogP contribution < -0.4 is 10.6 Å². The average Bonchev–Trinajstić information content (AvgIpc) is 2.43. The van der Waals surface area contributed by atoms with Gasteiger partial charge in [-0.1, -0.05) is 6.07 Å². The number of carbonyl (C=O) groups excluding carboxylic acids is 1. The summed E-state index contributed by atoms with van der Waals surface area (Å²) < 4.78 is 4.94. The molecular formula is C14H20N2O2. The Morgan fingerprint density at radius 2 is 2.33 bits per heavy atom. The zero-order valence-electron chi connectivity index (χ0n) is 10.8. The van der Waals surface area contributed by atoms with Gasteiger partial charge >= 0.3 is 0 Å². The molecule has 1 amide bonds. The van der Waals surface area contributed by atoms with Crippen LogP contribution in [0, 0.1) is 0 Å². The molecule has 0 aromatic heterocycles. The quantitative estimate of drug-likeness (QED) is 0.767. The summed E-state index contributed by atoms with van der Waals surface area (Å²) in [6, 6.07) is 5.98. The van der Waals surface area contributed by atoms with Gasteiger partial charge in [-0.05, 0) is 42.6 Å². The number of fused-ring (bicyclic) bond motifs is 1. The number of hydrogen-bond donors (Lipinski definition) is 2. The van der Waals surface area contributed by atoms with Crippen molar-refractivity contribution in [1.29, 1.82) is 0 Å². The minimum atomic E-state index is -0.000485. The summed E-state index contributed by atoms with van der Waals surface area (Å²) in [5.74, 6) is -0.000485. The molecule has 0 radical (unpaired) electrons. The van der Waals surface area contributed by atoms with Crippen LogP contribution in [0.1, 0.15) is 27.9 Å². The second-order valence-corrected chi connectivity index (χ2v) is 4.51. The fraction of sp³-hybridized carbons (Fsp3) is 0.500. The molecule has 0 bridgehead atoms. The Labute approximate surface area is 108 Å². The van der Waals surface area contributed by atoms with Gasteiger partial charge in [-0.15, -0.1) is 0 Å². The Morgan fingerprint density at radius 1 is 1.44 bits per heavy atom. The lowest BCUT2D eigenvalue weighted by atomic mass is 9.98. The number of hydrogen-bond acceptors (Lipinski definition) is 3. The second kappa shape index (κ2) is 6.52. The van der Waals surface area contributed by atoms with E-state index >= 15 is 0 Å². The number of methoxy groups -OCH3 is 1. The molecule has 0 spiro atoms. The molecule has 1 aliphatic heterocycles. The van der Waals surface area contributed by atoms with Crippen molar-refractivity contribution >= 4 is 5.91 Å². The molecule has 4 heteroatoms. The third-order valence-corrected chi connectivity index (χ3v) is 3.17. The molecule has 4 nitrogen and oxygen atoms in total. The minimum Gasteiger partial charge on any atom is -0.385 e. The van der Waals surface area contributed by atoms with Crippen LogP contribution in [0.4, 0.5) is 0 Å². The van der Waals surface area contributed by atoms with Crippen molar-refractivity contribution in [2.45, 2.75) is 19.4 Å². The maximum atomic E-state index is 11.9. The normalized spacial score (nSPS) is 14.1. The van der Waals surface area contributed by atoms with Gasteiger partial charge in [-0.2, -0.15) is 0 Å². The van der Waals surface area contributed by atoms with Crippen LogP contribution in [0.2, 0.25) is 0 Å². The highest BCUT2D eigenvalue weighted by molar-refractivity contribution is 5.94. The minimum absolute atomic E-state index is 0.000485. The number of ether oxygens (including phenoxy) is 1. The molecule has 98 valence electrons. The predicted molar refractivity (Wildman–Crippen MR) is 70.7 cm³/mol. The van der Waals surface area contributed by atoms with Gasteiger partial charge < -0.3 is 15.4 Å². The summed E-state index contributed by atoms with van der Waals surface area (Å²) in [6.45, 7) is 3.21. The van der Waals surface area contributed by atoms with Crippen molar-refractivity contribution in [3.05, 3.63) is 34.9 Å². The summed E-state index contributed by atoms with van der Waals surface area (Å²) in [6.07, 6.45) is 1.89. The highest BCUT2D eigenvalue weighted by Crippen LogP contribution is 2.15. The van der Waals surface area contributed by atoms with Gasteiger partial charge in [0.1, 0.15) is 0 Å². The first-order valence-corrected chi connectivity index (χ1v) is 6.41. The molecule has 18 heavy (non-hydrogen) atoms. The molecule has 1 heterocycles. The molecule has 2 N–H and O–H groups in total. The second-order valence-electron chi connectivity index (χ2n) is 4.51. The van der Waals surface area contributed by atoms with Gasteiger partial charge in [0.2, 0.25) is 0 Å². The molecule has 1 aromatic rings. The Kier molecular flexibility index (Phi) is 4.73. The lowest BCUT2D eigenvalue weighted by Crippen LogP contribution is -2.27. The van der Waals surface area contributed by atoms with E-state index in [1.165, 1.54) is 11.1 Å². The van der Waals surface area contributed by atoms with E-state index < -0.39 is 0 Å². The Hall–Kier alpha value is -1.39. The van der Waals surface area contributed by atoms with Crippen molar-refractivity contribution in [3.8, 4) is 0 Å². The topological polar surface area (TPSA) is 50.4 Å². The van der Waals surface area contributed by atoms with E-state index in [2.05, 4.69) is 16.7 Å². The SMILES string of the molecule is COCCCNC(=O)c1ccc2c(c1)CNCC2. The number of amides is 1. The fourth-order valence-electron chi connectivity index (χ4n) is 2.14. The molecule has 2 rings (SSSR count). The smallest absolute Gasteiger partial charge is 0.251 e. The van der Waals surface area contributed by atoms with Crippen LogP contribution in [0.5, 0.6) is 0 Å². The summed E-state index contributed by atoms with van der Waals surface area (Å²) in [7, 11) is 1.66. The number of benzene rings is 1. The van der Waals surface area contributed by atoms with E-state index in [-0.39, 0.29) is 5.91 Å². The summed E-state index contributed by atoms with van der Waals surface area (Å²) in [4.78, 5) is 11.9. The first-order valence-electron chi connectivity index (χ1n) is 6.41. The van der Waals surface area contributed by atoms with Gasteiger partial charge in [-0.25, -0.2) is 0 Å². The van der Waals surface area contributed by atoms with Crippen molar-refractivity contribution in [1.82, 2.24) is 10.6 Å². The van der Waals surface area contributed by atoms with Gasteiger partial charge in [0.25, 0.3) is 5.91 Å². The van der Waals surface area contributed by atoms with E-state index in [1.807, 2.05) is 12.1 Å². The molecule has 0 saturated carbocycles. The highest BCUT2D eigenvalue weighted by Gasteiger charge is 2.11. The zero-order valence-corrected chi connectivity index (χ0v) is 10.8. The maximum Gasteiger partial charge on any atom is 0.251 e. The van der Waals surface area contributed by atoms with Crippen LogP contribution >= 0.6 is 0 Å². The Morgan fingerprint density at radius 3 is 3.17 bits per heavy atom. The number of carbonyl (C=O) groups is 1. The van der Waals surface area contributed by atoms with E-state index in [0.717, 1.165) is 31.5 Å². The van der Waals surface area contributed by atoms with Crippen LogP contribution in [0.25, 0.3) is 0 Å². The van der Waals surface area contributed by atoms with Crippen molar-refractivity contribution in [2.24, 2.45) is 0 Å². The maximum absolute atomic E-state index is 11.9. The average molecular weight is 248 g/mol. The largest absolute Gasteiger partial charge is 0.385 e. The number of rotatable bonds is 5. The number of nitrogens with one attached hydrogen (secondary N) is 2. The summed E-state index contributed by atoms with van der Waals surface area (Å²) in [5, 5.41) is 6.22. The van der Waals surface area contributed by atoms with E-state index in [1.54, 1.807) is 7.11 Å². The lowest BCUT2D eigenvalue weighted by Gasteiger charge is -2.17. The molecule has 0 aliphatic carbocycles. The molecule has 0 fully saturated rings. The molecule has 1 aromatic carbocycles. The Bertz CT molecular complexity index is 418. The first kappa shape index (κ1) is 13.1. The van der Waals surface area contributed by atoms with E-state index in [4.69, 9.17) is 4.74 Å². The standard InChI is InChI=1S/C14H20N2O2/c1-18-8-2-6-16-14(17)12-4-3-11-5-7-15-10-13(11)9-12/h3-4,9,15H,2,5-8,10H2,1H3,(H,16,17). The lowest BCUT2D eigenvalue weighted by molar-refractivity contribution is 0.0948. The highest BCUT2D eigenvalue weighted by atomic mass is 16.5. The van der Waals surface area contributed by atoms with E-state index in [9.17, 15) is 4.79 Å². The molecule has 0 saturated heterocycles. The van der Waals surface area contributed by atoms with Crippen molar-refractivity contribution < 1.29 is 9.53 Å². The van der Waals surface area contributed by atoms with E-state index in [0.29, 0.717) is 13.2 Å². The molecular weight excluding hydrogens is 228 g/mol. The summed E-state index contributed by atoms with van der Waals surface area (Å²) in [5.41, 5.74) is 3.34.